The second-order valence-electron chi connectivity index (χ2n) is 2.55. The fraction of sp³-hybridized carbons (Fsp3) is 0.273. The SMILES string of the molecule is CC#CCCc1ccc(Cl)cc1. The van der Waals surface area contributed by atoms with E-state index in [1.165, 1.54) is 5.56 Å². The zero-order chi connectivity index (χ0) is 8.81. The van der Waals surface area contributed by atoms with Gasteiger partial charge in [-0.1, -0.05) is 23.7 Å². The number of rotatable bonds is 2. The van der Waals surface area contributed by atoms with Crippen LogP contribution in [0.5, 0.6) is 0 Å². The van der Waals surface area contributed by atoms with Crippen molar-refractivity contribution in [2.24, 2.45) is 0 Å². The summed E-state index contributed by atoms with van der Waals surface area (Å²) >= 11 is 5.75. The molecule has 0 spiro atoms. The van der Waals surface area contributed by atoms with E-state index in [9.17, 15) is 0 Å². The first-order valence-electron chi connectivity index (χ1n) is 3.97. The van der Waals surface area contributed by atoms with Crippen LogP contribution >= 0.6 is 11.6 Å². The summed E-state index contributed by atoms with van der Waals surface area (Å²) in [7, 11) is 0. The minimum absolute atomic E-state index is 0.792. The number of aryl methyl sites for hydroxylation is 1. The topological polar surface area (TPSA) is 0 Å². The van der Waals surface area contributed by atoms with Crippen LogP contribution < -0.4 is 0 Å². The molecule has 0 aromatic heterocycles. The Labute approximate surface area is 78.6 Å². The Kier molecular flexibility index (Phi) is 3.70. The highest BCUT2D eigenvalue weighted by atomic mass is 35.5. The van der Waals surface area contributed by atoms with Gasteiger partial charge in [-0.3, -0.25) is 0 Å². The van der Waals surface area contributed by atoms with Crippen LogP contribution in [0.4, 0.5) is 0 Å². The smallest absolute Gasteiger partial charge is 0.0406 e. The highest BCUT2D eigenvalue weighted by molar-refractivity contribution is 6.30. The van der Waals surface area contributed by atoms with Crippen LogP contribution in [-0.2, 0) is 6.42 Å². The van der Waals surface area contributed by atoms with E-state index in [4.69, 9.17) is 11.6 Å². The van der Waals surface area contributed by atoms with Gasteiger partial charge in [0.25, 0.3) is 0 Å². The molecule has 0 N–H and O–H groups in total. The van der Waals surface area contributed by atoms with Gasteiger partial charge in [-0.2, -0.15) is 0 Å². The second kappa shape index (κ2) is 4.85. The highest BCUT2D eigenvalue weighted by Gasteiger charge is 1.90. The van der Waals surface area contributed by atoms with Gasteiger partial charge < -0.3 is 0 Å². The van der Waals surface area contributed by atoms with Gasteiger partial charge >= 0.3 is 0 Å². The summed E-state index contributed by atoms with van der Waals surface area (Å²) in [5, 5.41) is 0.792. The molecule has 1 rings (SSSR count). The predicted octanol–water partition coefficient (Wildman–Crippen LogP) is 3.30. The van der Waals surface area contributed by atoms with Crippen molar-refractivity contribution >= 4 is 11.6 Å². The Morgan fingerprint density at radius 2 is 1.92 bits per heavy atom. The Bertz CT molecular complexity index is 287. The molecule has 0 fully saturated rings. The summed E-state index contributed by atoms with van der Waals surface area (Å²) < 4.78 is 0. The van der Waals surface area contributed by atoms with E-state index >= 15 is 0 Å². The molecule has 0 nitrogen and oxygen atoms in total. The number of benzene rings is 1. The molecule has 0 amide bonds. The van der Waals surface area contributed by atoms with Crippen LogP contribution in [0.1, 0.15) is 18.9 Å². The third kappa shape index (κ3) is 2.98. The quantitative estimate of drug-likeness (QED) is 0.610. The van der Waals surface area contributed by atoms with Crippen molar-refractivity contribution in [2.45, 2.75) is 19.8 Å². The molecule has 1 aromatic rings. The van der Waals surface area contributed by atoms with Gasteiger partial charge in [-0.15, -0.1) is 11.8 Å². The van der Waals surface area contributed by atoms with Crippen molar-refractivity contribution < 1.29 is 0 Å². The van der Waals surface area contributed by atoms with E-state index in [0.29, 0.717) is 0 Å². The van der Waals surface area contributed by atoms with E-state index in [1.807, 2.05) is 31.2 Å². The maximum Gasteiger partial charge on any atom is 0.0406 e. The van der Waals surface area contributed by atoms with Crippen LogP contribution in [0.15, 0.2) is 24.3 Å². The molecule has 1 aromatic carbocycles. The molecule has 0 radical (unpaired) electrons. The van der Waals surface area contributed by atoms with Crippen LogP contribution in [0.3, 0.4) is 0 Å². The Morgan fingerprint density at radius 1 is 1.25 bits per heavy atom. The maximum absolute atomic E-state index is 5.75. The fourth-order valence-electron chi connectivity index (χ4n) is 0.983. The minimum Gasteiger partial charge on any atom is -0.107 e. The molecule has 12 heavy (non-hydrogen) atoms. The van der Waals surface area contributed by atoms with Crippen molar-refractivity contribution in [3.05, 3.63) is 34.9 Å². The zero-order valence-corrected chi connectivity index (χ0v) is 7.86. The van der Waals surface area contributed by atoms with Crippen molar-refractivity contribution in [3.63, 3.8) is 0 Å². The summed E-state index contributed by atoms with van der Waals surface area (Å²) in [5.41, 5.74) is 1.29. The fourth-order valence-corrected chi connectivity index (χ4v) is 1.11. The van der Waals surface area contributed by atoms with Crippen LogP contribution in [0, 0.1) is 11.8 Å². The Hall–Kier alpha value is -0.930. The van der Waals surface area contributed by atoms with Gasteiger partial charge in [0.15, 0.2) is 0 Å². The molecular weight excluding hydrogens is 168 g/mol. The van der Waals surface area contributed by atoms with Gasteiger partial charge in [0.1, 0.15) is 0 Å². The lowest BCUT2D eigenvalue weighted by Gasteiger charge is -1.96. The number of hydrogen-bond donors (Lipinski definition) is 0. The highest BCUT2D eigenvalue weighted by Crippen LogP contribution is 2.10. The lowest BCUT2D eigenvalue weighted by atomic mass is 10.1. The third-order valence-corrected chi connectivity index (χ3v) is 1.88. The van der Waals surface area contributed by atoms with E-state index in [-0.39, 0.29) is 0 Å². The van der Waals surface area contributed by atoms with Crippen molar-refractivity contribution in [1.29, 1.82) is 0 Å². The Balaban J connectivity index is 2.51. The number of hydrogen-bond acceptors (Lipinski definition) is 0. The summed E-state index contributed by atoms with van der Waals surface area (Å²) in [5.74, 6) is 5.90. The normalized spacial score (nSPS) is 8.83. The first kappa shape index (κ1) is 9.16. The van der Waals surface area contributed by atoms with Crippen LogP contribution in [0.2, 0.25) is 5.02 Å². The summed E-state index contributed by atoms with van der Waals surface area (Å²) in [6, 6.07) is 7.91. The van der Waals surface area contributed by atoms with Crippen molar-refractivity contribution in [2.75, 3.05) is 0 Å². The maximum atomic E-state index is 5.75. The van der Waals surface area contributed by atoms with E-state index in [2.05, 4.69) is 11.8 Å². The van der Waals surface area contributed by atoms with Crippen LogP contribution in [-0.4, -0.2) is 0 Å². The molecule has 0 bridgehead atoms. The molecule has 0 saturated heterocycles. The first-order chi connectivity index (χ1) is 5.83. The summed E-state index contributed by atoms with van der Waals surface area (Å²) in [6.45, 7) is 1.86. The summed E-state index contributed by atoms with van der Waals surface area (Å²) in [4.78, 5) is 0. The predicted molar refractivity (Wildman–Crippen MR) is 53.2 cm³/mol. The lowest BCUT2D eigenvalue weighted by molar-refractivity contribution is 1.03. The largest absolute Gasteiger partial charge is 0.107 e. The first-order valence-corrected chi connectivity index (χ1v) is 4.35. The van der Waals surface area contributed by atoms with E-state index < -0.39 is 0 Å². The number of halogens is 1. The molecule has 0 unspecified atom stereocenters. The second-order valence-corrected chi connectivity index (χ2v) is 2.99. The summed E-state index contributed by atoms with van der Waals surface area (Å²) in [6.07, 6.45) is 1.94. The molecule has 0 saturated carbocycles. The molecule has 1 heteroatoms. The molecule has 0 atom stereocenters. The van der Waals surface area contributed by atoms with Gasteiger partial charge in [0.05, 0.1) is 0 Å². The third-order valence-electron chi connectivity index (χ3n) is 1.63. The van der Waals surface area contributed by atoms with Gasteiger partial charge in [-0.05, 0) is 31.0 Å². The lowest BCUT2D eigenvalue weighted by Crippen LogP contribution is -1.81. The van der Waals surface area contributed by atoms with Gasteiger partial charge in [-0.25, -0.2) is 0 Å². The molecule has 0 aliphatic rings. The van der Waals surface area contributed by atoms with Crippen molar-refractivity contribution in [3.8, 4) is 11.8 Å². The Morgan fingerprint density at radius 3 is 2.50 bits per heavy atom. The van der Waals surface area contributed by atoms with Gasteiger partial charge in [0.2, 0.25) is 0 Å². The molecular formula is C11H11Cl. The minimum atomic E-state index is 0.792. The van der Waals surface area contributed by atoms with Gasteiger partial charge in [0, 0.05) is 11.4 Å². The standard InChI is InChI=1S/C11H11Cl/c1-2-3-4-5-10-6-8-11(12)9-7-10/h6-9H,4-5H2,1H3. The monoisotopic (exact) mass is 178 g/mol. The average Bonchev–Trinajstić information content (AvgIpc) is 2.09. The molecule has 0 aliphatic heterocycles. The molecule has 0 heterocycles. The van der Waals surface area contributed by atoms with E-state index in [0.717, 1.165) is 17.9 Å². The van der Waals surface area contributed by atoms with Crippen LogP contribution in [0.25, 0.3) is 0 Å². The molecule has 62 valence electrons. The molecule has 0 aliphatic carbocycles. The van der Waals surface area contributed by atoms with Crippen molar-refractivity contribution in [1.82, 2.24) is 0 Å². The zero-order valence-electron chi connectivity index (χ0n) is 7.10. The average molecular weight is 179 g/mol. The van der Waals surface area contributed by atoms with E-state index in [1.54, 1.807) is 0 Å².